The van der Waals surface area contributed by atoms with Crippen molar-refractivity contribution in [3.8, 4) is 0 Å². The van der Waals surface area contributed by atoms with Crippen molar-refractivity contribution >= 4 is 38.8 Å². The van der Waals surface area contributed by atoms with Gasteiger partial charge in [0.2, 0.25) is 0 Å². The summed E-state index contributed by atoms with van der Waals surface area (Å²) >= 11 is 0. The molecule has 4 N–H and O–H groups in total. The Balaban J connectivity index is -0.0000000187. The van der Waals surface area contributed by atoms with Crippen LogP contribution in [0.4, 0.5) is 0 Å². The molecule has 0 atom stereocenters. The molecule has 0 saturated heterocycles. The number of carbonyl (C=O) groups excluding carboxylic acids is 6. The largest absolute Gasteiger partial charge is 2.00 e. The van der Waals surface area contributed by atoms with Gasteiger partial charge in [0.1, 0.15) is 13.1 Å². The summed E-state index contributed by atoms with van der Waals surface area (Å²) in [5, 5.41) is 53.9. The Labute approximate surface area is 175 Å². The number of nitrogens with two attached hydrogens (primary N) is 2. The first-order chi connectivity index (χ1) is 11.4. The maximum atomic E-state index is 8.25. The van der Waals surface area contributed by atoms with E-state index >= 15 is 0 Å². The minimum Gasteiger partial charge on any atom is -0.554 e. The van der Waals surface area contributed by atoms with Gasteiger partial charge in [-0.15, -0.1) is 0 Å². The van der Waals surface area contributed by atoms with Gasteiger partial charge in [0, 0.05) is 38.8 Å². The summed E-state index contributed by atoms with van der Waals surface area (Å²) in [5.74, 6) is 0. The van der Waals surface area contributed by atoms with E-state index in [0.29, 0.717) is 0 Å². The van der Waals surface area contributed by atoms with Gasteiger partial charge in [-0.1, -0.05) is 0 Å². The quantitative estimate of drug-likeness (QED) is 0.212. The zero-order valence-corrected chi connectivity index (χ0v) is 20.3. The van der Waals surface area contributed by atoms with Crippen LogP contribution in [0.2, 0.25) is 0 Å². The zero-order valence-electron chi connectivity index (χ0n) is 14.3. The molecule has 0 bridgehead atoms. The minimum absolute atomic E-state index is 0. The molecule has 0 aliphatic rings. The van der Waals surface area contributed by atoms with Crippen LogP contribution in [0.5, 0.6) is 0 Å². The number of quaternary nitrogens is 2. The summed E-state index contributed by atoms with van der Waals surface area (Å²) < 4.78 is 0. The number of hydrogen-bond acceptors (Lipinski definition) is 12. The summed E-state index contributed by atoms with van der Waals surface area (Å²) in [6.07, 6.45) is 0. The van der Waals surface area contributed by atoms with Crippen LogP contribution in [-0.2, 0) is 67.7 Å². The third-order valence-electron chi connectivity index (χ3n) is 0.744. The first kappa shape index (κ1) is 56.4. The molecule has 0 unspecified atom stereocenters. The molecule has 0 radical (unpaired) electrons. The van der Waals surface area contributed by atoms with E-state index in [1.54, 1.807) is 0 Å². The van der Waals surface area contributed by atoms with Crippen molar-refractivity contribution in [2.24, 2.45) is 0 Å². The van der Waals surface area contributed by atoms with E-state index in [1.807, 2.05) is 0 Å². The minimum atomic E-state index is -0.500. The normalized spacial score (nSPS) is 4.85. The zero-order chi connectivity index (χ0) is 21.1. The van der Waals surface area contributed by atoms with E-state index in [2.05, 4.69) is 24.7 Å². The Morgan fingerprint density at radius 2 is 0.577 bits per heavy atom. The molecule has 14 nitrogen and oxygen atoms in total. The van der Waals surface area contributed by atoms with Crippen LogP contribution >= 0.6 is 0 Å². The molecular formula is C10H20N2O12Zn2. The summed E-state index contributed by atoms with van der Waals surface area (Å²) in [6, 6.07) is 0. The van der Waals surface area contributed by atoms with E-state index in [9.17, 15) is 0 Å². The van der Waals surface area contributed by atoms with Gasteiger partial charge in [0.15, 0.2) is 0 Å². The van der Waals surface area contributed by atoms with Gasteiger partial charge in [-0.25, -0.2) is 0 Å². The third kappa shape index (κ3) is 9950. The molecule has 0 amide bonds. The molecule has 146 valence electrons. The molecule has 16 heteroatoms. The van der Waals surface area contributed by atoms with Gasteiger partial charge in [0.25, 0.3) is 0 Å². The van der Waals surface area contributed by atoms with Gasteiger partial charge in [-0.05, 0) is 0 Å². The molecule has 0 aliphatic heterocycles. The second kappa shape index (κ2) is 174. The van der Waals surface area contributed by atoms with Crippen LogP contribution < -0.4 is 41.3 Å². The molecule has 0 aliphatic carbocycles. The van der Waals surface area contributed by atoms with E-state index in [1.165, 1.54) is 13.1 Å². The Morgan fingerprint density at radius 1 is 0.500 bits per heavy atom. The Hall–Kier alpha value is -2.01. The van der Waals surface area contributed by atoms with Crippen molar-refractivity contribution in [3.05, 3.63) is 0 Å². The number of carboxylic acid groups (broad SMARTS) is 6. The fourth-order valence-corrected chi connectivity index (χ4v) is 0.333. The van der Waals surface area contributed by atoms with Gasteiger partial charge < -0.3 is 70.0 Å². The monoisotopic (exact) mass is 488 g/mol. The molecule has 26 heavy (non-hydrogen) atoms. The maximum absolute atomic E-state index is 8.25. The fraction of sp³-hybridized carbons (Fsp3) is 0.400. The number of likely N-dealkylation sites (N-methyl/N-ethyl adjacent to an activating group) is 2. The summed E-state index contributed by atoms with van der Waals surface area (Å²) in [4.78, 5) is 49.5. The first-order valence-electron chi connectivity index (χ1n) is 5.30. The van der Waals surface area contributed by atoms with Crippen LogP contribution in [0.15, 0.2) is 0 Å². The van der Waals surface area contributed by atoms with Crippen LogP contribution in [0.1, 0.15) is 0 Å². The van der Waals surface area contributed by atoms with Gasteiger partial charge in [-0.3, -0.25) is 0 Å². The first-order valence-corrected chi connectivity index (χ1v) is 5.30. The Bertz CT molecular complexity index is 176. The van der Waals surface area contributed by atoms with E-state index in [4.69, 9.17) is 59.4 Å². The predicted molar refractivity (Wildman–Crippen MR) is 61.8 cm³/mol. The van der Waals surface area contributed by atoms with Gasteiger partial charge in [-0.2, -0.15) is 0 Å². The predicted octanol–water partition coefficient (Wildman–Crippen LogP) is -12.4. The number of rotatable bonds is 3. The summed E-state index contributed by atoms with van der Waals surface area (Å²) in [7, 11) is 4.17. The number of hydrogen-bond donors (Lipinski definition) is 2. The second-order valence-corrected chi connectivity index (χ2v) is 1.97. The summed E-state index contributed by atoms with van der Waals surface area (Å²) in [5.41, 5.74) is 0. The molecule has 0 aromatic carbocycles. The smallest absolute Gasteiger partial charge is 0.554 e. The third-order valence-corrected chi connectivity index (χ3v) is 0.744. The van der Waals surface area contributed by atoms with Gasteiger partial charge >= 0.3 is 39.0 Å². The van der Waals surface area contributed by atoms with Crippen LogP contribution in [-0.4, -0.2) is 66.0 Å². The molecular weight excluding hydrogens is 471 g/mol. The summed E-state index contributed by atoms with van der Waals surface area (Å²) in [6.45, 7) is -0.535. The Morgan fingerprint density at radius 3 is 0.615 bits per heavy atom. The van der Waals surface area contributed by atoms with Crippen LogP contribution in [0.25, 0.3) is 0 Å². The molecule has 0 spiro atoms. The van der Waals surface area contributed by atoms with E-state index < -0.39 is 38.8 Å². The average molecular weight is 491 g/mol. The van der Waals surface area contributed by atoms with Crippen LogP contribution in [0.3, 0.4) is 0 Å². The molecule has 0 rings (SSSR count). The topological polar surface area (TPSA) is 274 Å². The molecule has 0 aromatic rings. The fourth-order valence-electron chi connectivity index (χ4n) is 0.333. The second-order valence-electron chi connectivity index (χ2n) is 1.97. The molecule has 0 saturated carbocycles. The van der Waals surface area contributed by atoms with Crippen molar-refractivity contribution < 1.29 is 109 Å². The molecule has 0 aromatic heterocycles. The van der Waals surface area contributed by atoms with Crippen molar-refractivity contribution in [3.63, 3.8) is 0 Å². The van der Waals surface area contributed by atoms with Crippen molar-refractivity contribution in [1.29, 1.82) is 0 Å². The molecule has 0 fully saturated rings. The van der Waals surface area contributed by atoms with E-state index in [0.717, 1.165) is 0 Å². The SMILES string of the molecule is C[NH2+]CC[NH2+]C.O=C[O-].O=C[O-].O=C[O-].O=C[O-].O=C[O-].O=C[O-].[Zn+2].[Zn+2]. The van der Waals surface area contributed by atoms with Crippen molar-refractivity contribution in [2.75, 3.05) is 27.2 Å². The maximum Gasteiger partial charge on any atom is 2.00 e. The molecule has 0 heterocycles. The standard InChI is InChI=1S/C4H12N2.6CH2O2.2Zn/c1-5-3-4-6-2;6*2-1-3;;/h5-6H,3-4H2,1-2H3;6*1H,(H,2,3);;/q;;;;;;;2*+2/p-4. The number of carbonyl (C=O) groups is 6. The van der Waals surface area contributed by atoms with Gasteiger partial charge in [0.05, 0.1) is 14.1 Å². The van der Waals surface area contributed by atoms with Crippen molar-refractivity contribution in [1.82, 2.24) is 0 Å². The van der Waals surface area contributed by atoms with E-state index in [-0.39, 0.29) is 39.0 Å². The average Bonchev–Trinajstić information content (AvgIpc) is 2.50. The van der Waals surface area contributed by atoms with Crippen molar-refractivity contribution in [2.45, 2.75) is 0 Å². The Kier molecular flexibility index (Phi) is 378. The van der Waals surface area contributed by atoms with Crippen LogP contribution in [0, 0.1) is 0 Å².